The highest BCUT2D eigenvalue weighted by molar-refractivity contribution is 5.95. The predicted molar refractivity (Wildman–Crippen MR) is 95.1 cm³/mol. The van der Waals surface area contributed by atoms with E-state index in [1.807, 2.05) is 0 Å². The summed E-state index contributed by atoms with van der Waals surface area (Å²) in [6.45, 7) is 3.42. The molecule has 27 heavy (non-hydrogen) atoms. The molecule has 1 heterocycles. The number of aliphatic carboxylic acids is 1. The molecule has 2 rings (SSSR count). The van der Waals surface area contributed by atoms with E-state index in [9.17, 15) is 14.4 Å². The van der Waals surface area contributed by atoms with Crippen molar-refractivity contribution < 1.29 is 33.7 Å². The Balaban J connectivity index is 2.04. The smallest absolute Gasteiger partial charge is 0.341 e. The lowest BCUT2D eigenvalue weighted by Gasteiger charge is -2.34. The zero-order valence-electron chi connectivity index (χ0n) is 15.5. The van der Waals surface area contributed by atoms with Gasteiger partial charge in [0.1, 0.15) is 6.61 Å². The largest absolute Gasteiger partial charge is 0.490 e. The molecule has 1 fully saturated rings. The predicted octanol–water partition coefficient (Wildman–Crippen LogP) is 0.480. The average molecular weight is 380 g/mol. The summed E-state index contributed by atoms with van der Waals surface area (Å²) < 4.78 is 15.5. The van der Waals surface area contributed by atoms with Crippen molar-refractivity contribution in [1.29, 1.82) is 0 Å². The fraction of sp³-hybridized carbons (Fsp3) is 0.500. The molecule has 148 valence electrons. The summed E-state index contributed by atoms with van der Waals surface area (Å²) in [7, 11) is 1.47. The second kappa shape index (κ2) is 9.77. The minimum Gasteiger partial charge on any atom is -0.490 e. The van der Waals surface area contributed by atoms with Crippen LogP contribution in [0.2, 0.25) is 0 Å². The molecule has 9 heteroatoms. The summed E-state index contributed by atoms with van der Waals surface area (Å²) in [6.07, 6.45) is 0. The van der Waals surface area contributed by atoms with E-state index in [1.54, 1.807) is 28.9 Å². The van der Waals surface area contributed by atoms with Gasteiger partial charge in [0.15, 0.2) is 18.1 Å². The summed E-state index contributed by atoms with van der Waals surface area (Å²) in [6, 6.07) is 4.65. The highest BCUT2D eigenvalue weighted by Crippen LogP contribution is 2.29. The van der Waals surface area contributed by atoms with Crippen molar-refractivity contribution in [3.8, 4) is 11.5 Å². The number of benzene rings is 1. The molecule has 0 radical (unpaired) electrons. The fourth-order valence-electron chi connectivity index (χ4n) is 2.72. The van der Waals surface area contributed by atoms with Crippen molar-refractivity contribution in [2.24, 2.45) is 0 Å². The SMILES string of the molecule is CCOc1cc(C(=O)N2CCN(C(=O)COC)CC2)ccc1OCC(=O)O. The van der Waals surface area contributed by atoms with Gasteiger partial charge in [0.25, 0.3) is 5.91 Å². The lowest BCUT2D eigenvalue weighted by molar-refractivity contribution is -0.139. The third kappa shape index (κ3) is 5.58. The highest BCUT2D eigenvalue weighted by atomic mass is 16.5. The maximum Gasteiger partial charge on any atom is 0.341 e. The van der Waals surface area contributed by atoms with Crippen molar-refractivity contribution in [2.45, 2.75) is 6.92 Å². The second-order valence-electron chi connectivity index (χ2n) is 5.88. The van der Waals surface area contributed by atoms with Crippen LogP contribution in [-0.4, -0.2) is 85.8 Å². The molecule has 1 N–H and O–H groups in total. The van der Waals surface area contributed by atoms with E-state index < -0.39 is 12.6 Å². The standard InChI is InChI=1S/C18H24N2O7/c1-3-26-15-10-13(4-5-14(15)27-12-17(22)23)18(24)20-8-6-19(7-9-20)16(21)11-25-2/h4-5,10H,3,6-9,11-12H2,1-2H3,(H,22,23). The van der Waals surface area contributed by atoms with E-state index in [0.717, 1.165) is 0 Å². The molecule has 1 aliphatic rings. The normalized spacial score (nSPS) is 14.0. The molecule has 0 spiro atoms. The van der Waals surface area contributed by atoms with E-state index in [4.69, 9.17) is 19.3 Å². The Kier molecular flexibility index (Phi) is 7.42. The van der Waals surface area contributed by atoms with Gasteiger partial charge in [-0.25, -0.2) is 4.79 Å². The van der Waals surface area contributed by atoms with Crippen LogP contribution in [0, 0.1) is 0 Å². The Hall–Kier alpha value is -2.81. The molecule has 0 aromatic heterocycles. The Labute approximate surface area is 157 Å². The van der Waals surface area contributed by atoms with Gasteiger partial charge in [0.2, 0.25) is 5.91 Å². The van der Waals surface area contributed by atoms with Crippen molar-refractivity contribution in [3.05, 3.63) is 23.8 Å². The summed E-state index contributed by atoms with van der Waals surface area (Å²) in [5.74, 6) is -0.787. The maximum atomic E-state index is 12.7. The number of hydrogen-bond donors (Lipinski definition) is 1. The van der Waals surface area contributed by atoms with Crippen LogP contribution in [0.15, 0.2) is 18.2 Å². The number of piperazine rings is 1. The first-order valence-corrected chi connectivity index (χ1v) is 8.63. The molecule has 0 aliphatic carbocycles. The molecule has 1 aliphatic heterocycles. The molecular formula is C18H24N2O7. The van der Waals surface area contributed by atoms with Gasteiger partial charge < -0.3 is 29.1 Å². The molecule has 1 aromatic carbocycles. The molecule has 1 saturated heterocycles. The number of carbonyl (C=O) groups excluding carboxylic acids is 2. The number of methoxy groups -OCH3 is 1. The number of nitrogens with zero attached hydrogens (tertiary/aromatic N) is 2. The molecular weight excluding hydrogens is 356 g/mol. The Morgan fingerprint density at radius 2 is 1.67 bits per heavy atom. The first-order valence-electron chi connectivity index (χ1n) is 8.63. The maximum absolute atomic E-state index is 12.7. The molecule has 9 nitrogen and oxygen atoms in total. The van der Waals surface area contributed by atoms with E-state index in [-0.39, 0.29) is 24.2 Å². The minimum absolute atomic E-state index is 0.0312. The lowest BCUT2D eigenvalue weighted by Crippen LogP contribution is -2.51. The number of carboxylic acids is 1. The van der Waals surface area contributed by atoms with Crippen LogP contribution in [0.5, 0.6) is 11.5 Å². The lowest BCUT2D eigenvalue weighted by atomic mass is 10.1. The second-order valence-corrected chi connectivity index (χ2v) is 5.88. The number of ether oxygens (including phenoxy) is 3. The third-order valence-corrected chi connectivity index (χ3v) is 4.03. The number of hydrogen-bond acceptors (Lipinski definition) is 6. The first kappa shape index (κ1) is 20.5. The summed E-state index contributed by atoms with van der Waals surface area (Å²) >= 11 is 0. The van der Waals surface area contributed by atoms with Crippen LogP contribution in [0.25, 0.3) is 0 Å². The van der Waals surface area contributed by atoms with Crippen molar-refractivity contribution in [3.63, 3.8) is 0 Å². The van der Waals surface area contributed by atoms with Crippen LogP contribution in [0.1, 0.15) is 17.3 Å². The van der Waals surface area contributed by atoms with Crippen molar-refractivity contribution in [2.75, 3.05) is 53.1 Å². The Bertz CT molecular complexity index is 684. The summed E-state index contributed by atoms with van der Waals surface area (Å²) in [4.78, 5) is 38.6. The van der Waals surface area contributed by atoms with Gasteiger partial charge in [-0.15, -0.1) is 0 Å². The van der Waals surface area contributed by atoms with E-state index >= 15 is 0 Å². The van der Waals surface area contributed by atoms with Gasteiger partial charge in [-0.3, -0.25) is 9.59 Å². The van der Waals surface area contributed by atoms with Gasteiger partial charge in [-0.1, -0.05) is 0 Å². The van der Waals surface area contributed by atoms with Crippen LogP contribution in [0.3, 0.4) is 0 Å². The summed E-state index contributed by atoms with van der Waals surface area (Å²) in [5.41, 5.74) is 0.415. The van der Waals surface area contributed by atoms with Crippen LogP contribution < -0.4 is 9.47 Å². The highest BCUT2D eigenvalue weighted by Gasteiger charge is 2.25. The van der Waals surface area contributed by atoms with E-state index in [2.05, 4.69) is 0 Å². The summed E-state index contributed by atoms with van der Waals surface area (Å²) in [5, 5.41) is 8.74. The monoisotopic (exact) mass is 380 g/mol. The molecule has 0 saturated carbocycles. The number of carbonyl (C=O) groups is 3. The zero-order chi connectivity index (χ0) is 19.8. The van der Waals surface area contributed by atoms with Crippen LogP contribution in [-0.2, 0) is 14.3 Å². The van der Waals surface area contributed by atoms with Crippen molar-refractivity contribution in [1.82, 2.24) is 9.80 Å². The Morgan fingerprint density at radius 1 is 1.00 bits per heavy atom. The molecule has 1 aromatic rings. The zero-order valence-corrected chi connectivity index (χ0v) is 15.5. The first-order chi connectivity index (χ1) is 13.0. The molecule has 0 atom stereocenters. The molecule has 2 amide bonds. The quantitative estimate of drug-likeness (QED) is 0.699. The van der Waals surface area contributed by atoms with E-state index in [0.29, 0.717) is 44.1 Å². The average Bonchev–Trinajstić information content (AvgIpc) is 2.67. The number of amides is 2. The number of carboxylic acid groups (broad SMARTS) is 1. The van der Waals surface area contributed by atoms with Crippen LogP contribution >= 0.6 is 0 Å². The van der Waals surface area contributed by atoms with Crippen LogP contribution in [0.4, 0.5) is 0 Å². The van der Waals surface area contributed by atoms with Gasteiger partial charge in [0.05, 0.1) is 6.61 Å². The van der Waals surface area contributed by atoms with Gasteiger partial charge >= 0.3 is 5.97 Å². The van der Waals surface area contributed by atoms with Crippen molar-refractivity contribution >= 4 is 17.8 Å². The van der Waals surface area contributed by atoms with Gasteiger partial charge in [-0.05, 0) is 25.1 Å². The third-order valence-electron chi connectivity index (χ3n) is 4.03. The Morgan fingerprint density at radius 3 is 2.26 bits per heavy atom. The van der Waals surface area contributed by atoms with Gasteiger partial charge in [-0.2, -0.15) is 0 Å². The number of rotatable bonds is 8. The minimum atomic E-state index is -1.10. The molecule has 0 unspecified atom stereocenters. The fourth-order valence-corrected chi connectivity index (χ4v) is 2.72. The van der Waals surface area contributed by atoms with Gasteiger partial charge in [0, 0.05) is 38.9 Å². The topological polar surface area (TPSA) is 106 Å². The van der Waals surface area contributed by atoms with E-state index in [1.165, 1.54) is 13.2 Å². The molecule has 0 bridgehead atoms.